The molecule has 0 spiro atoms. The van der Waals surface area contributed by atoms with Crippen LogP contribution in [-0.4, -0.2) is 51.6 Å². The summed E-state index contributed by atoms with van der Waals surface area (Å²) < 4.78 is 27.5. The summed E-state index contributed by atoms with van der Waals surface area (Å²) in [5.41, 5.74) is 0.939. The summed E-state index contributed by atoms with van der Waals surface area (Å²) in [5.74, 6) is 1.17. The van der Waals surface area contributed by atoms with Gasteiger partial charge in [-0.2, -0.15) is 0 Å². The Balaban J connectivity index is 2.28. The van der Waals surface area contributed by atoms with Crippen LogP contribution in [0.4, 0.5) is 5.69 Å². The van der Waals surface area contributed by atoms with E-state index in [-0.39, 0.29) is 25.2 Å². The van der Waals surface area contributed by atoms with Crippen LogP contribution < -0.4 is 14.8 Å². The first-order valence-electron chi connectivity index (χ1n) is 15.0. The van der Waals surface area contributed by atoms with E-state index < -0.39 is 0 Å². The Hall–Kier alpha value is -3.51. The molecule has 234 valence electrons. The molecule has 9 nitrogen and oxygen atoms in total. The number of rotatable bonds is 26. The Bertz CT molecular complexity index is 987. The minimum Gasteiger partial charge on any atom is -0.494 e. The minimum absolute atomic E-state index is 0.245. The Morgan fingerprint density at radius 1 is 0.786 bits per heavy atom. The third-order valence-electron chi connectivity index (χ3n) is 6.17. The molecule has 0 saturated heterocycles. The van der Waals surface area contributed by atoms with Crippen LogP contribution in [0, 0.1) is 6.57 Å². The summed E-state index contributed by atoms with van der Waals surface area (Å²) in [6.45, 7) is 19.9. The van der Waals surface area contributed by atoms with Crippen LogP contribution in [0.5, 0.6) is 11.5 Å². The molecular weight excluding hydrogens is 536 g/mol. The molecule has 0 atom stereocenters. The van der Waals surface area contributed by atoms with E-state index in [1.807, 2.05) is 6.07 Å². The Morgan fingerprint density at radius 3 is 1.95 bits per heavy atom. The van der Waals surface area contributed by atoms with Gasteiger partial charge in [0.15, 0.2) is 6.79 Å². The van der Waals surface area contributed by atoms with E-state index in [4.69, 9.17) is 30.3 Å². The third-order valence-corrected chi connectivity index (χ3v) is 6.17. The van der Waals surface area contributed by atoms with E-state index in [0.29, 0.717) is 54.9 Å². The summed E-state index contributed by atoms with van der Waals surface area (Å²) in [6.07, 6.45) is 12.3. The number of allylic oxidation sites excluding steroid dienone is 1. The van der Waals surface area contributed by atoms with Gasteiger partial charge in [0.25, 0.3) is 6.54 Å². The lowest BCUT2D eigenvalue weighted by Crippen LogP contribution is -2.15. The van der Waals surface area contributed by atoms with Crippen LogP contribution in [-0.2, 0) is 23.8 Å². The van der Waals surface area contributed by atoms with Gasteiger partial charge in [-0.15, -0.1) is 0 Å². The van der Waals surface area contributed by atoms with Crippen LogP contribution in [0.1, 0.15) is 90.9 Å². The molecule has 0 heterocycles. The number of unbranched alkanes of at least 4 members (excludes halogenated alkanes) is 10. The highest BCUT2D eigenvalue weighted by molar-refractivity contribution is 5.94. The predicted molar refractivity (Wildman–Crippen MR) is 165 cm³/mol. The van der Waals surface area contributed by atoms with Crippen molar-refractivity contribution in [2.24, 2.45) is 0 Å². The first-order valence-corrected chi connectivity index (χ1v) is 15.0. The van der Waals surface area contributed by atoms with Crippen molar-refractivity contribution in [3.63, 3.8) is 0 Å². The number of nitrogens with one attached hydrogen (secondary N) is 1. The van der Waals surface area contributed by atoms with Crippen LogP contribution in [0.2, 0.25) is 0 Å². The summed E-state index contributed by atoms with van der Waals surface area (Å²) in [4.78, 5) is 26.6. The van der Waals surface area contributed by atoms with E-state index in [2.05, 4.69) is 23.3 Å². The highest BCUT2D eigenvalue weighted by atomic mass is 16.7. The molecule has 0 fully saturated rings. The van der Waals surface area contributed by atoms with E-state index in [0.717, 1.165) is 77.0 Å². The highest BCUT2D eigenvalue weighted by Crippen LogP contribution is 2.30. The fourth-order valence-corrected chi connectivity index (χ4v) is 3.87. The van der Waals surface area contributed by atoms with E-state index in [1.165, 1.54) is 0 Å². The van der Waals surface area contributed by atoms with Gasteiger partial charge in [0.05, 0.1) is 37.9 Å². The van der Waals surface area contributed by atoms with Crippen molar-refractivity contribution < 1.29 is 33.3 Å². The van der Waals surface area contributed by atoms with Gasteiger partial charge in [-0.05, 0) is 51.7 Å². The fourth-order valence-electron chi connectivity index (χ4n) is 3.87. The van der Waals surface area contributed by atoms with Crippen molar-refractivity contribution in [2.45, 2.75) is 90.9 Å². The Labute approximate surface area is 252 Å². The van der Waals surface area contributed by atoms with Crippen LogP contribution in [0.25, 0.3) is 4.85 Å². The number of anilines is 1. The molecule has 0 unspecified atom stereocenters. The van der Waals surface area contributed by atoms with Gasteiger partial charge in [0.1, 0.15) is 11.5 Å². The molecule has 0 aliphatic carbocycles. The summed E-state index contributed by atoms with van der Waals surface area (Å²) >= 11 is 0. The second kappa shape index (κ2) is 24.1. The number of benzene rings is 1. The lowest BCUT2D eigenvalue weighted by Gasteiger charge is -2.14. The number of nitrogens with zero attached hydrogens (tertiary/aromatic N) is 1. The van der Waals surface area contributed by atoms with Gasteiger partial charge in [0.2, 0.25) is 0 Å². The van der Waals surface area contributed by atoms with E-state index in [1.54, 1.807) is 26.0 Å². The van der Waals surface area contributed by atoms with Crippen LogP contribution >= 0.6 is 0 Å². The number of carbonyl (C=O) groups excluding carboxylic acids is 2. The first kappa shape index (κ1) is 36.5. The molecule has 9 heteroatoms. The van der Waals surface area contributed by atoms with Crippen molar-refractivity contribution >= 4 is 17.6 Å². The van der Waals surface area contributed by atoms with Gasteiger partial charge in [0, 0.05) is 11.6 Å². The number of esters is 1. The number of ether oxygens (including phenoxy) is 5. The smallest absolute Gasteiger partial charge is 0.333 e. The third kappa shape index (κ3) is 19.5. The maximum Gasteiger partial charge on any atom is 0.333 e. The molecule has 1 amide bonds. The lowest BCUT2D eigenvalue weighted by atomic mass is 10.1. The van der Waals surface area contributed by atoms with E-state index >= 15 is 0 Å². The molecule has 0 bridgehead atoms. The molecule has 0 aliphatic heterocycles. The molecule has 1 aromatic rings. The molecule has 0 radical (unpaired) electrons. The number of hydrogen-bond acceptors (Lipinski definition) is 7. The lowest BCUT2D eigenvalue weighted by molar-refractivity contribution is -0.139. The topological polar surface area (TPSA) is 96.7 Å². The van der Waals surface area contributed by atoms with Crippen molar-refractivity contribution in [2.75, 3.05) is 45.1 Å². The molecule has 42 heavy (non-hydrogen) atoms. The zero-order valence-electron chi connectivity index (χ0n) is 25.7. The molecule has 1 N–H and O–H groups in total. The number of carbonyl (C=O) groups is 2. The molecule has 1 rings (SSSR count). The van der Waals surface area contributed by atoms with Gasteiger partial charge >= 0.3 is 11.9 Å². The second-order valence-corrected chi connectivity index (χ2v) is 10.3. The average molecular weight is 587 g/mol. The monoisotopic (exact) mass is 586 g/mol. The predicted octanol–water partition coefficient (Wildman–Crippen LogP) is 7.63. The normalized spacial score (nSPS) is 10.4. The summed E-state index contributed by atoms with van der Waals surface area (Å²) in [6, 6.07) is 5.41. The van der Waals surface area contributed by atoms with Gasteiger partial charge in [-0.1, -0.05) is 64.5 Å². The standard InChI is InChI=1S/C33H50N2O7/c1-27(2)33(37)41-23-17-13-9-8-12-16-22-40-31-19-18-29(24-30(31)35-32(36)25-34-5)39-21-15-11-7-6-10-14-20-38-26-42-28(3)4/h18-19,24H,1,3,6-17,20-23,25-26H2,2,4H3,(H,35,36). The van der Waals surface area contributed by atoms with Crippen LogP contribution in [0.3, 0.4) is 0 Å². The Kier molecular flexibility index (Phi) is 21.0. The summed E-state index contributed by atoms with van der Waals surface area (Å²) in [7, 11) is 0. The number of hydrogen-bond donors (Lipinski definition) is 1. The van der Waals surface area contributed by atoms with Crippen LogP contribution in [0.15, 0.2) is 42.7 Å². The fraction of sp³-hybridized carbons (Fsp3) is 0.606. The van der Waals surface area contributed by atoms with Gasteiger partial charge < -0.3 is 33.8 Å². The van der Waals surface area contributed by atoms with Gasteiger partial charge in [-0.25, -0.2) is 11.4 Å². The molecule has 1 aromatic carbocycles. The maximum atomic E-state index is 12.1. The van der Waals surface area contributed by atoms with Crippen molar-refractivity contribution in [3.8, 4) is 11.5 Å². The first-order chi connectivity index (χ1) is 20.3. The molecule has 0 aliphatic rings. The van der Waals surface area contributed by atoms with Crippen molar-refractivity contribution in [1.82, 2.24) is 0 Å². The largest absolute Gasteiger partial charge is 0.494 e. The van der Waals surface area contributed by atoms with Crippen molar-refractivity contribution in [1.29, 1.82) is 0 Å². The molecule has 0 saturated carbocycles. The van der Waals surface area contributed by atoms with Gasteiger partial charge in [-0.3, -0.25) is 4.79 Å². The van der Waals surface area contributed by atoms with E-state index in [9.17, 15) is 9.59 Å². The quantitative estimate of drug-likeness (QED) is 0.0298. The maximum absolute atomic E-state index is 12.1. The Morgan fingerprint density at radius 2 is 1.36 bits per heavy atom. The highest BCUT2D eigenvalue weighted by Gasteiger charge is 2.12. The SMILES string of the molecule is [C-]#[N+]CC(=O)Nc1cc(OCCCCCCCCOCOC(=C)C)ccc1OCCCCCCCCOC(=O)C(=C)C. The average Bonchev–Trinajstić information content (AvgIpc) is 2.95. The molecular formula is C33H50N2O7. The van der Waals surface area contributed by atoms with Crippen molar-refractivity contribution in [3.05, 3.63) is 54.1 Å². The zero-order chi connectivity index (χ0) is 30.8. The minimum atomic E-state index is -0.380. The zero-order valence-corrected chi connectivity index (χ0v) is 25.7. The second-order valence-electron chi connectivity index (χ2n) is 10.3. The number of amides is 1. The summed E-state index contributed by atoms with van der Waals surface area (Å²) in [5, 5.41) is 2.77. The molecule has 0 aromatic heterocycles.